The van der Waals surface area contributed by atoms with Crippen molar-refractivity contribution in [2.75, 3.05) is 7.11 Å². The average molecular weight is 277 g/mol. The highest BCUT2D eigenvalue weighted by Gasteiger charge is 2.05. The molecule has 0 aliphatic rings. The van der Waals surface area contributed by atoms with Crippen LogP contribution >= 0.6 is 0 Å². The van der Waals surface area contributed by atoms with Crippen LogP contribution in [0.3, 0.4) is 0 Å². The zero-order valence-electron chi connectivity index (χ0n) is 12.0. The molecular formula is C18H15NO2. The summed E-state index contributed by atoms with van der Waals surface area (Å²) in [6.45, 7) is 1.93. The van der Waals surface area contributed by atoms with Gasteiger partial charge in [0.15, 0.2) is 5.78 Å². The van der Waals surface area contributed by atoms with Crippen LogP contribution in [0.4, 0.5) is 0 Å². The molecule has 104 valence electrons. The molecule has 2 aromatic carbocycles. The molecule has 0 unspecified atom stereocenters. The minimum atomic E-state index is -0.0855. The lowest BCUT2D eigenvalue weighted by atomic mass is 10.1. The van der Waals surface area contributed by atoms with E-state index in [1.807, 2.05) is 13.0 Å². The summed E-state index contributed by atoms with van der Waals surface area (Å²) in [5.74, 6) is 0.616. The monoisotopic (exact) mass is 277 g/mol. The number of allylic oxidation sites excluding steroid dienone is 1. The lowest BCUT2D eigenvalue weighted by Crippen LogP contribution is -1.96. The standard InChI is InChI=1S/C18H15NO2/c1-13-3-9-16(11-18(13)21-2)17(20)10-8-14-4-6-15(12-19)7-5-14/h3-11H,1-2H3/b10-8+. The molecule has 0 spiro atoms. The zero-order valence-corrected chi connectivity index (χ0v) is 12.0. The van der Waals surface area contributed by atoms with E-state index in [9.17, 15) is 4.79 Å². The average Bonchev–Trinajstić information content (AvgIpc) is 2.53. The maximum absolute atomic E-state index is 12.1. The van der Waals surface area contributed by atoms with Crippen LogP contribution in [0.1, 0.15) is 27.0 Å². The van der Waals surface area contributed by atoms with Gasteiger partial charge in [-0.25, -0.2) is 0 Å². The van der Waals surface area contributed by atoms with Crippen molar-refractivity contribution in [1.29, 1.82) is 5.26 Å². The molecule has 0 heterocycles. The van der Waals surface area contributed by atoms with E-state index >= 15 is 0 Å². The lowest BCUT2D eigenvalue weighted by Gasteiger charge is -2.05. The highest BCUT2D eigenvalue weighted by atomic mass is 16.5. The molecule has 2 aromatic rings. The van der Waals surface area contributed by atoms with Crippen molar-refractivity contribution in [3.63, 3.8) is 0 Å². The second kappa shape index (κ2) is 6.53. The number of ether oxygens (including phenoxy) is 1. The lowest BCUT2D eigenvalue weighted by molar-refractivity contribution is 0.104. The van der Waals surface area contributed by atoms with Gasteiger partial charge in [0.2, 0.25) is 0 Å². The number of nitriles is 1. The molecule has 21 heavy (non-hydrogen) atoms. The van der Waals surface area contributed by atoms with E-state index < -0.39 is 0 Å². The molecule has 0 saturated carbocycles. The Morgan fingerprint density at radius 1 is 1.19 bits per heavy atom. The Kier molecular flexibility index (Phi) is 4.53. The fourth-order valence-electron chi connectivity index (χ4n) is 1.91. The fourth-order valence-corrected chi connectivity index (χ4v) is 1.91. The van der Waals surface area contributed by atoms with Gasteiger partial charge < -0.3 is 4.74 Å². The van der Waals surface area contributed by atoms with Gasteiger partial charge in [0.25, 0.3) is 0 Å². The normalized spacial score (nSPS) is 10.3. The molecule has 3 nitrogen and oxygen atoms in total. The summed E-state index contributed by atoms with van der Waals surface area (Å²) in [5, 5.41) is 8.73. The summed E-state index contributed by atoms with van der Waals surface area (Å²) in [5.41, 5.74) is 3.05. The van der Waals surface area contributed by atoms with Crippen molar-refractivity contribution >= 4 is 11.9 Å². The largest absolute Gasteiger partial charge is 0.496 e. The number of aryl methyl sites for hydroxylation is 1. The van der Waals surface area contributed by atoms with Crippen molar-refractivity contribution in [2.45, 2.75) is 6.92 Å². The Hall–Kier alpha value is -2.86. The van der Waals surface area contributed by atoms with Crippen LogP contribution in [0.15, 0.2) is 48.5 Å². The highest BCUT2D eigenvalue weighted by Crippen LogP contribution is 2.19. The van der Waals surface area contributed by atoms with Crippen molar-refractivity contribution in [3.05, 3.63) is 70.8 Å². The van der Waals surface area contributed by atoms with Gasteiger partial charge in [-0.05, 0) is 42.3 Å². The second-order valence-corrected chi connectivity index (χ2v) is 4.62. The Morgan fingerprint density at radius 3 is 2.52 bits per heavy atom. The van der Waals surface area contributed by atoms with Crippen LogP contribution in [0.25, 0.3) is 6.08 Å². The van der Waals surface area contributed by atoms with Gasteiger partial charge >= 0.3 is 0 Å². The third kappa shape index (κ3) is 3.58. The van der Waals surface area contributed by atoms with Gasteiger partial charge in [-0.1, -0.05) is 30.3 Å². The number of methoxy groups -OCH3 is 1. The van der Waals surface area contributed by atoms with E-state index in [1.165, 1.54) is 6.08 Å². The van der Waals surface area contributed by atoms with Crippen LogP contribution in [0.2, 0.25) is 0 Å². The molecule has 0 amide bonds. The molecule has 0 fully saturated rings. The first-order valence-electron chi connectivity index (χ1n) is 6.51. The summed E-state index contributed by atoms with van der Waals surface area (Å²) in [4.78, 5) is 12.1. The highest BCUT2D eigenvalue weighted by molar-refractivity contribution is 6.07. The van der Waals surface area contributed by atoms with Crippen LogP contribution < -0.4 is 4.74 Å². The van der Waals surface area contributed by atoms with Crippen LogP contribution in [-0.2, 0) is 0 Å². The molecule has 0 aliphatic carbocycles. The van der Waals surface area contributed by atoms with Gasteiger partial charge in [0, 0.05) is 5.56 Å². The van der Waals surface area contributed by atoms with E-state index in [0.29, 0.717) is 16.9 Å². The predicted octanol–water partition coefficient (Wildman–Crippen LogP) is 3.77. The number of carbonyl (C=O) groups excluding carboxylic acids is 1. The molecular weight excluding hydrogens is 262 g/mol. The summed E-state index contributed by atoms with van der Waals surface area (Å²) in [6, 6.07) is 14.5. The SMILES string of the molecule is COc1cc(C(=O)/C=C/c2ccc(C#N)cc2)ccc1C. The zero-order chi connectivity index (χ0) is 15.2. The maximum atomic E-state index is 12.1. The van der Waals surface area contributed by atoms with Crippen LogP contribution in [0.5, 0.6) is 5.75 Å². The third-order valence-corrected chi connectivity index (χ3v) is 3.16. The first kappa shape index (κ1) is 14.5. The van der Waals surface area contributed by atoms with Gasteiger partial charge in [-0.3, -0.25) is 4.79 Å². The number of hydrogen-bond acceptors (Lipinski definition) is 3. The number of ketones is 1. The number of nitrogens with zero attached hydrogens (tertiary/aromatic N) is 1. The van der Waals surface area contributed by atoms with Crippen molar-refractivity contribution in [3.8, 4) is 11.8 Å². The van der Waals surface area contributed by atoms with E-state index in [2.05, 4.69) is 6.07 Å². The minimum Gasteiger partial charge on any atom is -0.496 e. The van der Waals surface area contributed by atoms with Crippen LogP contribution in [-0.4, -0.2) is 12.9 Å². The van der Waals surface area contributed by atoms with E-state index in [4.69, 9.17) is 10.00 Å². The van der Waals surface area contributed by atoms with Gasteiger partial charge in [-0.2, -0.15) is 5.26 Å². The topological polar surface area (TPSA) is 50.1 Å². The molecule has 0 radical (unpaired) electrons. The summed E-state index contributed by atoms with van der Waals surface area (Å²) >= 11 is 0. The van der Waals surface area contributed by atoms with Crippen molar-refractivity contribution in [2.24, 2.45) is 0 Å². The minimum absolute atomic E-state index is 0.0855. The summed E-state index contributed by atoms with van der Waals surface area (Å²) < 4.78 is 5.22. The van der Waals surface area contributed by atoms with Gasteiger partial charge in [-0.15, -0.1) is 0 Å². The second-order valence-electron chi connectivity index (χ2n) is 4.62. The van der Waals surface area contributed by atoms with Gasteiger partial charge in [0.1, 0.15) is 5.75 Å². The smallest absolute Gasteiger partial charge is 0.185 e. The maximum Gasteiger partial charge on any atom is 0.185 e. The number of benzene rings is 2. The molecule has 2 rings (SSSR count). The Labute approximate surface area is 124 Å². The molecule has 0 saturated heterocycles. The van der Waals surface area contributed by atoms with E-state index in [-0.39, 0.29) is 5.78 Å². The van der Waals surface area contributed by atoms with Crippen LogP contribution in [0, 0.1) is 18.3 Å². The Bertz CT molecular complexity index is 722. The molecule has 3 heteroatoms. The van der Waals surface area contributed by atoms with E-state index in [0.717, 1.165) is 11.1 Å². The molecule has 0 N–H and O–H groups in total. The predicted molar refractivity (Wildman–Crippen MR) is 82.3 cm³/mol. The molecule has 0 atom stereocenters. The summed E-state index contributed by atoms with van der Waals surface area (Å²) in [6.07, 6.45) is 3.25. The van der Waals surface area contributed by atoms with Crippen molar-refractivity contribution < 1.29 is 9.53 Å². The first-order chi connectivity index (χ1) is 10.1. The summed E-state index contributed by atoms with van der Waals surface area (Å²) in [7, 11) is 1.59. The van der Waals surface area contributed by atoms with Crippen molar-refractivity contribution in [1.82, 2.24) is 0 Å². The van der Waals surface area contributed by atoms with Gasteiger partial charge in [0.05, 0.1) is 18.7 Å². The van der Waals surface area contributed by atoms with E-state index in [1.54, 1.807) is 49.6 Å². The Balaban J connectivity index is 2.17. The molecule has 0 aromatic heterocycles. The fraction of sp³-hybridized carbons (Fsp3) is 0.111. The third-order valence-electron chi connectivity index (χ3n) is 3.16. The molecule has 0 aliphatic heterocycles. The number of hydrogen-bond donors (Lipinski definition) is 0. The number of rotatable bonds is 4. The number of carbonyl (C=O) groups is 1. The first-order valence-corrected chi connectivity index (χ1v) is 6.51. The Morgan fingerprint density at radius 2 is 1.90 bits per heavy atom. The molecule has 0 bridgehead atoms. The quantitative estimate of drug-likeness (QED) is 0.631.